The average Bonchev–Trinajstić information content (AvgIpc) is 2.04. The van der Waals surface area contributed by atoms with Gasteiger partial charge in [0.25, 0.3) is 0 Å². The minimum atomic E-state index is -0.795. The molecule has 12 heavy (non-hydrogen) atoms. The van der Waals surface area contributed by atoms with Crippen LogP contribution in [0.4, 0.5) is 4.79 Å². The molecule has 0 spiro atoms. The molecule has 4 nitrogen and oxygen atoms in total. The fourth-order valence-electron chi connectivity index (χ4n) is 0.226. The standard InChI is InChI=1S/C4H8N2O2.C4H10/c1-2-3(7)6-4(5)8;1-3-4-2/h2H2,1H3,(H3,5,6,7,8);3-4H2,1-2H3. The van der Waals surface area contributed by atoms with Gasteiger partial charge in [-0.3, -0.25) is 10.1 Å². The maximum Gasteiger partial charge on any atom is 0.318 e. The molecule has 0 aliphatic carbocycles. The SMILES string of the molecule is CCC(=O)NC(N)=O.CCCC. The molecule has 0 radical (unpaired) electrons. The van der Waals surface area contributed by atoms with Crippen molar-refractivity contribution in [1.82, 2.24) is 5.32 Å². The van der Waals surface area contributed by atoms with E-state index >= 15 is 0 Å². The van der Waals surface area contributed by atoms with Crippen LogP contribution in [0.1, 0.15) is 40.0 Å². The van der Waals surface area contributed by atoms with Gasteiger partial charge in [-0.1, -0.05) is 33.6 Å². The Labute approximate surface area is 73.5 Å². The Morgan fingerprint density at radius 1 is 1.17 bits per heavy atom. The van der Waals surface area contributed by atoms with Crippen LogP contribution in [0.2, 0.25) is 0 Å². The van der Waals surface area contributed by atoms with Gasteiger partial charge in [-0.05, 0) is 0 Å². The molecule has 0 aromatic rings. The third-order valence-corrected chi connectivity index (χ3v) is 1.08. The maximum absolute atomic E-state index is 10.2. The van der Waals surface area contributed by atoms with Crippen molar-refractivity contribution in [1.29, 1.82) is 0 Å². The van der Waals surface area contributed by atoms with Gasteiger partial charge >= 0.3 is 6.03 Å². The molecule has 0 aliphatic rings. The van der Waals surface area contributed by atoms with E-state index in [9.17, 15) is 9.59 Å². The first kappa shape index (κ1) is 13.5. The highest BCUT2D eigenvalue weighted by Crippen LogP contribution is 1.76. The summed E-state index contributed by atoms with van der Waals surface area (Å²) in [6.45, 7) is 6.00. The van der Waals surface area contributed by atoms with Crippen molar-refractivity contribution in [3.63, 3.8) is 0 Å². The highest BCUT2D eigenvalue weighted by atomic mass is 16.2. The average molecular weight is 174 g/mol. The van der Waals surface area contributed by atoms with E-state index in [-0.39, 0.29) is 12.3 Å². The smallest absolute Gasteiger partial charge is 0.318 e. The van der Waals surface area contributed by atoms with Gasteiger partial charge in [0.2, 0.25) is 5.91 Å². The number of imide groups is 1. The largest absolute Gasteiger partial charge is 0.351 e. The second kappa shape index (κ2) is 9.94. The molecule has 72 valence electrons. The number of amides is 3. The summed E-state index contributed by atoms with van der Waals surface area (Å²) in [7, 11) is 0. The van der Waals surface area contributed by atoms with Crippen LogP contribution in [-0.4, -0.2) is 11.9 Å². The van der Waals surface area contributed by atoms with Crippen molar-refractivity contribution in [2.45, 2.75) is 40.0 Å². The zero-order chi connectivity index (χ0) is 9.98. The zero-order valence-corrected chi connectivity index (χ0v) is 8.02. The minimum absolute atomic E-state index is 0.281. The maximum atomic E-state index is 10.2. The van der Waals surface area contributed by atoms with Gasteiger partial charge in [0.05, 0.1) is 0 Å². The van der Waals surface area contributed by atoms with E-state index in [1.54, 1.807) is 6.92 Å². The van der Waals surface area contributed by atoms with E-state index < -0.39 is 6.03 Å². The van der Waals surface area contributed by atoms with E-state index in [2.05, 4.69) is 19.6 Å². The van der Waals surface area contributed by atoms with Crippen LogP contribution >= 0.6 is 0 Å². The van der Waals surface area contributed by atoms with Gasteiger partial charge in [0.15, 0.2) is 0 Å². The molecule has 0 unspecified atom stereocenters. The van der Waals surface area contributed by atoms with Gasteiger partial charge < -0.3 is 5.73 Å². The summed E-state index contributed by atoms with van der Waals surface area (Å²) in [5.74, 6) is -0.350. The normalized spacial score (nSPS) is 7.92. The second-order valence-electron chi connectivity index (χ2n) is 2.27. The summed E-state index contributed by atoms with van der Waals surface area (Å²) in [6.07, 6.45) is 2.92. The number of nitrogens with two attached hydrogens (primary N) is 1. The number of unbranched alkanes of at least 4 members (excludes halogenated alkanes) is 1. The summed E-state index contributed by atoms with van der Waals surface area (Å²) in [6, 6.07) is -0.795. The van der Waals surface area contributed by atoms with Gasteiger partial charge in [0.1, 0.15) is 0 Å². The third-order valence-electron chi connectivity index (χ3n) is 1.08. The van der Waals surface area contributed by atoms with Crippen molar-refractivity contribution in [2.75, 3.05) is 0 Å². The number of carbonyl (C=O) groups is 2. The van der Waals surface area contributed by atoms with Crippen LogP contribution in [0.25, 0.3) is 0 Å². The topological polar surface area (TPSA) is 72.2 Å². The lowest BCUT2D eigenvalue weighted by Gasteiger charge is -1.92. The monoisotopic (exact) mass is 174 g/mol. The van der Waals surface area contributed by atoms with Crippen molar-refractivity contribution < 1.29 is 9.59 Å². The van der Waals surface area contributed by atoms with E-state index in [0.29, 0.717) is 0 Å². The van der Waals surface area contributed by atoms with E-state index in [4.69, 9.17) is 0 Å². The third kappa shape index (κ3) is 16.0. The Balaban J connectivity index is 0. The lowest BCUT2D eigenvalue weighted by molar-refractivity contribution is -0.119. The van der Waals surface area contributed by atoms with Crippen LogP contribution in [0.3, 0.4) is 0 Å². The molecule has 0 aliphatic heterocycles. The Morgan fingerprint density at radius 2 is 1.58 bits per heavy atom. The molecular weight excluding hydrogens is 156 g/mol. The van der Waals surface area contributed by atoms with Gasteiger partial charge in [-0.25, -0.2) is 4.79 Å². The molecule has 0 saturated heterocycles. The number of hydrogen-bond acceptors (Lipinski definition) is 2. The molecule has 0 saturated carbocycles. The minimum Gasteiger partial charge on any atom is -0.351 e. The Kier molecular flexibility index (Phi) is 11.2. The van der Waals surface area contributed by atoms with E-state index in [0.717, 1.165) is 0 Å². The quantitative estimate of drug-likeness (QED) is 0.664. The summed E-state index contributed by atoms with van der Waals surface area (Å²) < 4.78 is 0. The van der Waals surface area contributed by atoms with Gasteiger partial charge in [-0.2, -0.15) is 0 Å². The Hall–Kier alpha value is -1.06. The van der Waals surface area contributed by atoms with Crippen LogP contribution in [0.15, 0.2) is 0 Å². The van der Waals surface area contributed by atoms with Gasteiger partial charge in [0, 0.05) is 6.42 Å². The van der Waals surface area contributed by atoms with Crippen molar-refractivity contribution in [2.24, 2.45) is 5.73 Å². The number of rotatable bonds is 2. The lowest BCUT2D eigenvalue weighted by atomic mass is 10.4. The molecule has 3 amide bonds. The molecule has 0 aromatic heterocycles. The predicted octanol–water partition coefficient (Wildman–Crippen LogP) is 1.40. The molecule has 0 heterocycles. The fourth-order valence-corrected chi connectivity index (χ4v) is 0.226. The van der Waals surface area contributed by atoms with Crippen LogP contribution < -0.4 is 11.1 Å². The first-order chi connectivity index (χ1) is 5.58. The zero-order valence-electron chi connectivity index (χ0n) is 8.02. The summed E-state index contributed by atoms with van der Waals surface area (Å²) in [5, 5.41) is 1.89. The number of primary amides is 1. The van der Waals surface area contributed by atoms with Crippen molar-refractivity contribution >= 4 is 11.9 Å². The number of hydrogen-bond donors (Lipinski definition) is 2. The number of urea groups is 1. The molecular formula is C8H18N2O2. The molecule has 0 rings (SSSR count). The molecule has 4 heteroatoms. The van der Waals surface area contributed by atoms with Crippen molar-refractivity contribution in [3.05, 3.63) is 0 Å². The number of carbonyl (C=O) groups excluding carboxylic acids is 2. The highest BCUT2D eigenvalue weighted by Gasteiger charge is 1.97. The van der Waals surface area contributed by atoms with Crippen LogP contribution in [0, 0.1) is 0 Å². The molecule has 0 fully saturated rings. The molecule has 0 bridgehead atoms. The highest BCUT2D eigenvalue weighted by molar-refractivity contribution is 5.93. The summed E-state index contributed by atoms with van der Waals surface area (Å²) >= 11 is 0. The first-order valence-electron chi connectivity index (χ1n) is 4.17. The van der Waals surface area contributed by atoms with E-state index in [1.165, 1.54) is 12.8 Å². The molecule has 0 aromatic carbocycles. The predicted molar refractivity (Wildman–Crippen MR) is 48.6 cm³/mol. The van der Waals surface area contributed by atoms with Crippen LogP contribution in [0.5, 0.6) is 0 Å². The number of nitrogens with one attached hydrogen (secondary N) is 1. The summed E-state index contributed by atoms with van der Waals surface area (Å²) in [4.78, 5) is 20.1. The molecule has 0 atom stereocenters. The molecule has 3 N–H and O–H groups in total. The van der Waals surface area contributed by atoms with Crippen molar-refractivity contribution in [3.8, 4) is 0 Å². The summed E-state index contributed by atoms with van der Waals surface area (Å²) in [5.41, 5.74) is 4.60. The van der Waals surface area contributed by atoms with E-state index in [1.807, 2.05) is 5.32 Å². The Bertz CT molecular complexity index is 133. The van der Waals surface area contributed by atoms with Gasteiger partial charge in [-0.15, -0.1) is 0 Å². The lowest BCUT2D eigenvalue weighted by Crippen LogP contribution is -2.34. The second-order valence-corrected chi connectivity index (χ2v) is 2.27. The Morgan fingerprint density at radius 3 is 1.67 bits per heavy atom. The first-order valence-corrected chi connectivity index (χ1v) is 4.17. The van der Waals surface area contributed by atoms with Crippen LogP contribution in [-0.2, 0) is 4.79 Å². The fraction of sp³-hybridized carbons (Fsp3) is 0.750.